The third kappa shape index (κ3) is 10.3. The summed E-state index contributed by atoms with van der Waals surface area (Å²) in [6.45, 7) is 7.60. The minimum absolute atomic E-state index is 0.0248. The van der Waals surface area contributed by atoms with Crippen LogP contribution in [0.25, 0.3) is 0 Å². The average molecular weight is 244 g/mol. The molecule has 0 aromatic rings. The smallest absolute Gasteiger partial charge is 0.236 e. The zero-order chi connectivity index (χ0) is 13.1. The molecule has 4 heteroatoms. The molecule has 1 amide bonds. The summed E-state index contributed by atoms with van der Waals surface area (Å²) in [6, 6.07) is -0.345. The zero-order valence-corrected chi connectivity index (χ0v) is 11.5. The van der Waals surface area contributed by atoms with E-state index < -0.39 is 0 Å². The highest BCUT2D eigenvalue weighted by atomic mass is 16.5. The molecule has 0 bridgehead atoms. The van der Waals surface area contributed by atoms with E-state index in [1.165, 1.54) is 0 Å². The molecular formula is C13H28N2O2. The van der Waals surface area contributed by atoms with Crippen LogP contribution in [0.2, 0.25) is 0 Å². The Morgan fingerprint density at radius 3 is 2.59 bits per heavy atom. The Morgan fingerprint density at radius 2 is 2.00 bits per heavy atom. The summed E-state index contributed by atoms with van der Waals surface area (Å²) in [6.07, 6.45) is 5.07. The third-order valence-corrected chi connectivity index (χ3v) is 2.53. The molecule has 0 radical (unpaired) electrons. The van der Waals surface area contributed by atoms with E-state index >= 15 is 0 Å². The third-order valence-electron chi connectivity index (χ3n) is 2.53. The second kappa shape index (κ2) is 10.5. The summed E-state index contributed by atoms with van der Waals surface area (Å²) in [5.41, 5.74) is 5.75. The molecule has 0 aromatic heterocycles. The molecular weight excluding hydrogens is 216 g/mol. The molecule has 0 saturated heterocycles. The molecule has 0 aliphatic carbocycles. The fourth-order valence-electron chi connectivity index (χ4n) is 1.44. The molecule has 3 N–H and O–H groups in total. The van der Waals surface area contributed by atoms with Gasteiger partial charge in [-0.15, -0.1) is 0 Å². The van der Waals surface area contributed by atoms with Crippen molar-refractivity contribution >= 4 is 5.91 Å². The highest BCUT2D eigenvalue weighted by Crippen LogP contribution is 1.98. The lowest BCUT2D eigenvalue weighted by Gasteiger charge is -2.12. The Kier molecular flexibility index (Phi) is 10.2. The first-order valence-corrected chi connectivity index (χ1v) is 6.72. The molecule has 0 aliphatic rings. The van der Waals surface area contributed by atoms with Crippen molar-refractivity contribution in [2.45, 2.75) is 65.0 Å². The van der Waals surface area contributed by atoms with Crippen molar-refractivity contribution in [2.75, 3.05) is 13.2 Å². The first-order chi connectivity index (χ1) is 8.07. The van der Waals surface area contributed by atoms with Crippen molar-refractivity contribution < 1.29 is 9.53 Å². The highest BCUT2D eigenvalue weighted by molar-refractivity contribution is 5.81. The lowest BCUT2D eigenvalue weighted by Crippen LogP contribution is -2.40. The van der Waals surface area contributed by atoms with Crippen molar-refractivity contribution in [1.29, 1.82) is 0 Å². The molecule has 0 fully saturated rings. The summed E-state index contributed by atoms with van der Waals surface area (Å²) in [7, 11) is 0. The highest BCUT2D eigenvalue weighted by Gasteiger charge is 2.11. The minimum atomic E-state index is -0.345. The van der Waals surface area contributed by atoms with Gasteiger partial charge in [0.05, 0.1) is 12.1 Å². The molecule has 0 aliphatic heterocycles. The first kappa shape index (κ1) is 16.4. The number of amides is 1. The Morgan fingerprint density at radius 1 is 1.29 bits per heavy atom. The van der Waals surface area contributed by atoms with Gasteiger partial charge in [-0.1, -0.05) is 19.8 Å². The zero-order valence-electron chi connectivity index (χ0n) is 11.5. The van der Waals surface area contributed by atoms with Crippen molar-refractivity contribution in [3.63, 3.8) is 0 Å². The maximum Gasteiger partial charge on any atom is 0.236 e. The number of carbonyl (C=O) groups excluding carboxylic acids is 1. The van der Waals surface area contributed by atoms with Gasteiger partial charge in [0.2, 0.25) is 5.91 Å². The summed E-state index contributed by atoms with van der Waals surface area (Å²) in [5.74, 6) is -0.0248. The van der Waals surface area contributed by atoms with Crippen molar-refractivity contribution in [1.82, 2.24) is 5.32 Å². The molecule has 0 rings (SSSR count). The number of carbonyl (C=O) groups is 1. The molecule has 0 unspecified atom stereocenters. The molecule has 4 nitrogen and oxygen atoms in total. The van der Waals surface area contributed by atoms with Gasteiger partial charge >= 0.3 is 0 Å². The van der Waals surface area contributed by atoms with Crippen LogP contribution in [0.1, 0.15) is 52.9 Å². The van der Waals surface area contributed by atoms with Gasteiger partial charge in [-0.2, -0.15) is 0 Å². The molecule has 0 saturated carbocycles. The van der Waals surface area contributed by atoms with Crippen LogP contribution in [0, 0.1) is 0 Å². The monoisotopic (exact) mass is 244 g/mol. The van der Waals surface area contributed by atoms with Gasteiger partial charge in [0.15, 0.2) is 0 Å². The summed E-state index contributed by atoms with van der Waals surface area (Å²) in [5, 5.41) is 2.86. The number of rotatable bonds is 10. The fraction of sp³-hybridized carbons (Fsp3) is 0.923. The number of hydrogen-bond donors (Lipinski definition) is 2. The van der Waals surface area contributed by atoms with E-state index in [2.05, 4.69) is 12.2 Å². The fourth-order valence-corrected chi connectivity index (χ4v) is 1.44. The number of nitrogens with one attached hydrogen (secondary N) is 1. The Hall–Kier alpha value is -0.610. The quantitative estimate of drug-likeness (QED) is 0.576. The lowest BCUT2D eigenvalue weighted by atomic mass is 10.1. The molecule has 102 valence electrons. The minimum Gasteiger partial charge on any atom is -0.379 e. The van der Waals surface area contributed by atoms with Gasteiger partial charge in [0.25, 0.3) is 0 Å². The van der Waals surface area contributed by atoms with Crippen molar-refractivity contribution in [3.05, 3.63) is 0 Å². The van der Waals surface area contributed by atoms with Gasteiger partial charge in [-0.25, -0.2) is 0 Å². The van der Waals surface area contributed by atoms with Gasteiger partial charge in [0, 0.05) is 13.2 Å². The van der Waals surface area contributed by atoms with Gasteiger partial charge < -0.3 is 15.8 Å². The predicted octanol–water partition coefficient (Wildman–Crippen LogP) is 1.83. The molecule has 0 aromatic carbocycles. The van der Waals surface area contributed by atoms with Gasteiger partial charge in [-0.05, 0) is 33.1 Å². The number of ether oxygens (including phenoxy) is 1. The maximum absolute atomic E-state index is 11.5. The van der Waals surface area contributed by atoms with E-state index in [0.717, 1.165) is 38.7 Å². The van der Waals surface area contributed by atoms with E-state index in [4.69, 9.17) is 10.5 Å². The summed E-state index contributed by atoms with van der Waals surface area (Å²) in [4.78, 5) is 11.5. The molecule has 1 atom stereocenters. The van der Waals surface area contributed by atoms with Crippen LogP contribution in [0.5, 0.6) is 0 Å². The standard InChI is InChI=1S/C13H28N2O2/c1-4-5-8-12(14)13(16)15-9-6-7-10-17-11(2)3/h11-12H,4-10,14H2,1-3H3,(H,15,16)/t12-/m0/s1. The van der Waals surface area contributed by atoms with Crippen LogP contribution in [0.3, 0.4) is 0 Å². The first-order valence-electron chi connectivity index (χ1n) is 6.72. The summed E-state index contributed by atoms with van der Waals surface area (Å²) < 4.78 is 5.41. The van der Waals surface area contributed by atoms with Crippen LogP contribution < -0.4 is 11.1 Å². The second-order valence-corrected chi connectivity index (χ2v) is 4.67. The largest absolute Gasteiger partial charge is 0.379 e. The van der Waals surface area contributed by atoms with E-state index in [1.54, 1.807) is 0 Å². The number of nitrogens with two attached hydrogens (primary N) is 1. The lowest BCUT2D eigenvalue weighted by molar-refractivity contribution is -0.122. The van der Waals surface area contributed by atoms with Gasteiger partial charge in [-0.3, -0.25) is 4.79 Å². The normalized spacial score (nSPS) is 12.8. The Labute approximate surface area is 105 Å². The molecule has 0 spiro atoms. The van der Waals surface area contributed by atoms with Gasteiger partial charge in [0.1, 0.15) is 0 Å². The predicted molar refractivity (Wildman–Crippen MR) is 70.8 cm³/mol. The number of unbranched alkanes of at least 4 members (excludes halogenated alkanes) is 2. The van der Waals surface area contributed by atoms with Crippen LogP contribution in [0.15, 0.2) is 0 Å². The van der Waals surface area contributed by atoms with Crippen LogP contribution in [-0.4, -0.2) is 31.2 Å². The Bertz CT molecular complexity index is 196. The van der Waals surface area contributed by atoms with Crippen molar-refractivity contribution in [2.24, 2.45) is 5.73 Å². The molecule has 0 heterocycles. The second-order valence-electron chi connectivity index (χ2n) is 4.67. The topological polar surface area (TPSA) is 64.4 Å². The molecule has 17 heavy (non-hydrogen) atoms. The maximum atomic E-state index is 11.5. The van der Waals surface area contributed by atoms with Crippen LogP contribution in [-0.2, 0) is 9.53 Å². The van der Waals surface area contributed by atoms with E-state index in [-0.39, 0.29) is 18.1 Å². The van der Waals surface area contributed by atoms with Crippen LogP contribution >= 0.6 is 0 Å². The Balaban J connectivity index is 3.38. The van der Waals surface area contributed by atoms with Crippen LogP contribution in [0.4, 0.5) is 0 Å². The van der Waals surface area contributed by atoms with E-state index in [0.29, 0.717) is 6.54 Å². The van der Waals surface area contributed by atoms with E-state index in [9.17, 15) is 4.79 Å². The van der Waals surface area contributed by atoms with E-state index in [1.807, 2.05) is 13.8 Å². The number of hydrogen-bond acceptors (Lipinski definition) is 3. The van der Waals surface area contributed by atoms with Crippen molar-refractivity contribution in [3.8, 4) is 0 Å². The SMILES string of the molecule is CCCC[C@H](N)C(=O)NCCCCOC(C)C. The average Bonchev–Trinajstić information content (AvgIpc) is 2.29. The summed E-state index contributed by atoms with van der Waals surface area (Å²) >= 11 is 0.